The highest BCUT2D eigenvalue weighted by Crippen LogP contribution is 2.45. The zero-order valence-electron chi connectivity index (χ0n) is 39.4. The summed E-state index contributed by atoms with van der Waals surface area (Å²) in [5.74, 6) is -0.877. The number of hydrogen-bond acceptors (Lipinski definition) is 12. The summed E-state index contributed by atoms with van der Waals surface area (Å²) in [5.41, 5.74) is -0.530. The van der Waals surface area contributed by atoms with Crippen molar-refractivity contribution < 1.29 is 60.8 Å². The smallest absolute Gasteiger partial charge is 0.379 e. The fourth-order valence-corrected chi connectivity index (χ4v) is 10.3. The minimum Gasteiger partial charge on any atom is -0.379 e. The van der Waals surface area contributed by atoms with Crippen LogP contribution in [-0.4, -0.2) is 161 Å². The van der Waals surface area contributed by atoms with Crippen molar-refractivity contribution in [2.24, 2.45) is 17.3 Å². The molecular formula is C47H72F3N7O10. The minimum atomic E-state index is -4.53. The molecule has 0 spiro atoms. The lowest BCUT2D eigenvalue weighted by Gasteiger charge is -2.38. The minimum absolute atomic E-state index is 0.0157. The van der Waals surface area contributed by atoms with Crippen LogP contribution >= 0.6 is 0 Å². The molecule has 4 heterocycles. The highest BCUT2D eigenvalue weighted by molar-refractivity contribution is 5.90. The molecule has 0 bridgehead atoms. The summed E-state index contributed by atoms with van der Waals surface area (Å²) >= 11 is 0. The van der Waals surface area contributed by atoms with Crippen LogP contribution in [0.2, 0.25) is 0 Å². The first-order chi connectivity index (χ1) is 32.2. The molecule has 6 atom stereocenters. The molecule has 3 aliphatic heterocycles. The Morgan fingerprint density at radius 1 is 0.925 bits per heavy atom. The molecule has 4 N–H and O–H groups in total. The van der Waals surface area contributed by atoms with Gasteiger partial charge < -0.3 is 54.8 Å². The molecule has 0 aromatic carbocycles. The number of carbonyl (C=O) groups is 5. The van der Waals surface area contributed by atoms with Crippen molar-refractivity contribution in [3.8, 4) is 0 Å². The van der Waals surface area contributed by atoms with Crippen LogP contribution in [0, 0.1) is 17.3 Å². The van der Waals surface area contributed by atoms with Crippen molar-refractivity contribution in [3.63, 3.8) is 0 Å². The van der Waals surface area contributed by atoms with Crippen LogP contribution < -0.4 is 21.3 Å². The number of methoxy groups -OCH3 is 1. The quantitative estimate of drug-likeness (QED) is 0.117. The number of ether oxygens (including phenoxy) is 5. The third kappa shape index (κ3) is 14.8. The van der Waals surface area contributed by atoms with Crippen LogP contribution in [0.5, 0.6) is 0 Å². The van der Waals surface area contributed by atoms with Gasteiger partial charge in [-0.1, -0.05) is 0 Å². The molecular weight excluding hydrogens is 880 g/mol. The molecule has 17 nitrogen and oxygen atoms in total. The zero-order valence-corrected chi connectivity index (χ0v) is 39.4. The monoisotopic (exact) mass is 952 g/mol. The second kappa shape index (κ2) is 25.1. The van der Waals surface area contributed by atoms with Crippen LogP contribution in [0.4, 0.5) is 13.2 Å². The van der Waals surface area contributed by atoms with Crippen LogP contribution in [0.3, 0.4) is 0 Å². The number of nitrogens with zero attached hydrogens (tertiary/aromatic N) is 3. The van der Waals surface area contributed by atoms with Gasteiger partial charge in [0, 0.05) is 108 Å². The number of alkyl halides is 3. The molecule has 67 heavy (non-hydrogen) atoms. The normalized spacial score (nSPS) is 27.7. The maximum Gasteiger partial charge on any atom is 0.417 e. The Morgan fingerprint density at radius 2 is 1.64 bits per heavy atom. The van der Waals surface area contributed by atoms with Gasteiger partial charge in [0.15, 0.2) is 0 Å². The Morgan fingerprint density at radius 3 is 2.34 bits per heavy atom. The van der Waals surface area contributed by atoms with Crippen LogP contribution in [0.1, 0.15) is 101 Å². The fraction of sp³-hybridized carbons (Fsp3) is 0.787. The van der Waals surface area contributed by atoms with E-state index < -0.39 is 17.2 Å². The summed E-state index contributed by atoms with van der Waals surface area (Å²) in [6, 6.07) is 1.12. The molecule has 5 aliphatic rings. The van der Waals surface area contributed by atoms with Crippen LogP contribution in [-0.2, 0) is 66.8 Å². The summed E-state index contributed by atoms with van der Waals surface area (Å²) in [6.45, 7) is 6.19. The third-order valence-electron chi connectivity index (χ3n) is 14.4. The summed E-state index contributed by atoms with van der Waals surface area (Å²) in [4.78, 5) is 72.0. The number of halogens is 3. The van der Waals surface area contributed by atoms with E-state index in [9.17, 15) is 37.1 Å². The van der Waals surface area contributed by atoms with Gasteiger partial charge in [0.05, 0.1) is 69.2 Å². The predicted octanol–water partition coefficient (Wildman–Crippen LogP) is 2.91. The molecule has 1 aromatic heterocycles. The van der Waals surface area contributed by atoms with E-state index in [-0.39, 0.29) is 97.6 Å². The number of nitrogens with one attached hydrogen (secondary N) is 4. The number of likely N-dealkylation sites (tertiary alicyclic amines) is 1. The molecule has 4 fully saturated rings. The fourth-order valence-electron chi connectivity index (χ4n) is 10.3. The van der Waals surface area contributed by atoms with Crippen molar-refractivity contribution in [2.45, 2.75) is 133 Å². The first-order valence-electron chi connectivity index (χ1n) is 24.2. The van der Waals surface area contributed by atoms with E-state index in [0.717, 1.165) is 25.1 Å². The molecule has 2 saturated heterocycles. The van der Waals surface area contributed by atoms with Gasteiger partial charge in [-0.15, -0.1) is 0 Å². The van der Waals surface area contributed by atoms with E-state index in [4.69, 9.17) is 23.7 Å². The van der Waals surface area contributed by atoms with Gasteiger partial charge in [0.25, 0.3) is 0 Å². The molecule has 0 radical (unpaired) electrons. The molecule has 2 aliphatic carbocycles. The van der Waals surface area contributed by atoms with Crippen LogP contribution in [0.25, 0.3) is 0 Å². The Bertz CT molecular complexity index is 1820. The number of hydrogen-bond donors (Lipinski definition) is 4. The molecule has 6 rings (SSSR count). The third-order valence-corrected chi connectivity index (χ3v) is 14.4. The topological polar surface area (TPSA) is 199 Å². The Labute approximate surface area is 392 Å². The van der Waals surface area contributed by atoms with Gasteiger partial charge in [-0.2, -0.15) is 13.2 Å². The average Bonchev–Trinajstić information content (AvgIpc) is 3.85. The van der Waals surface area contributed by atoms with Gasteiger partial charge in [-0.3, -0.25) is 29.0 Å². The van der Waals surface area contributed by atoms with Crippen LogP contribution in [0.15, 0.2) is 12.3 Å². The molecule has 376 valence electrons. The largest absolute Gasteiger partial charge is 0.417 e. The lowest BCUT2D eigenvalue weighted by molar-refractivity contribution is -0.143. The summed E-state index contributed by atoms with van der Waals surface area (Å²) in [5, 5.41) is 12.7. The lowest BCUT2D eigenvalue weighted by Crippen LogP contribution is -2.51. The van der Waals surface area contributed by atoms with E-state index in [0.29, 0.717) is 135 Å². The molecule has 2 saturated carbocycles. The maximum atomic E-state index is 14.5. The van der Waals surface area contributed by atoms with Crippen molar-refractivity contribution in [2.75, 3.05) is 86.6 Å². The van der Waals surface area contributed by atoms with E-state index >= 15 is 0 Å². The lowest BCUT2D eigenvalue weighted by atomic mass is 9.79. The highest BCUT2D eigenvalue weighted by Gasteiger charge is 2.48. The Hall–Kier alpha value is -3.95. The zero-order chi connectivity index (χ0) is 48.0. The van der Waals surface area contributed by atoms with E-state index in [1.807, 2.05) is 6.92 Å². The number of amides is 5. The Balaban J connectivity index is 0.842. The number of fused-ring (bicyclic) bond motifs is 1. The van der Waals surface area contributed by atoms with Crippen molar-refractivity contribution in [1.82, 2.24) is 36.1 Å². The average molecular weight is 952 g/mol. The summed E-state index contributed by atoms with van der Waals surface area (Å²) < 4.78 is 68.6. The van der Waals surface area contributed by atoms with Gasteiger partial charge >= 0.3 is 6.18 Å². The molecule has 0 unspecified atom stereocenters. The number of carbonyl (C=O) groups excluding carboxylic acids is 5. The van der Waals surface area contributed by atoms with E-state index in [1.54, 1.807) is 24.0 Å². The number of aromatic nitrogens is 1. The molecule has 5 amide bonds. The number of pyridine rings is 1. The second-order valence-corrected chi connectivity index (χ2v) is 18.9. The van der Waals surface area contributed by atoms with Crippen molar-refractivity contribution >= 4 is 29.5 Å². The molecule has 1 aromatic rings. The van der Waals surface area contributed by atoms with E-state index in [1.165, 1.54) is 0 Å². The second-order valence-electron chi connectivity index (χ2n) is 18.9. The predicted molar refractivity (Wildman–Crippen MR) is 238 cm³/mol. The van der Waals surface area contributed by atoms with Crippen molar-refractivity contribution in [3.05, 3.63) is 29.1 Å². The van der Waals surface area contributed by atoms with Gasteiger partial charge in [0.2, 0.25) is 29.5 Å². The number of rotatable bonds is 23. The highest BCUT2D eigenvalue weighted by atomic mass is 19.4. The first-order valence-corrected chi connectivity index (χ1v) is 24.2. The maximum absolute atomic E-state index is 14.5. The van der Waals surface area contributed by atoms with Gasteiger partial charge in [-0.25, -0.2) is 0 Å². The van der Waals surface area contributed by atoms with E-state index in [2.05, 4.69) is 26.3 Å². The van der Waals surface area contributed by atoms with Gasteiger partial charge in [-0.05, 0) is 82.8 Å². The summed E-state index contributed by atoms with van der Waals surface area (Å²) in [7, 11) is 3.37. The molecule has 20 heteroatoms. The summed E-state index contributed by atoms with van der Waals surface area (Å²) in [6.07, 6.45) is 3.62. The van der Waals surface area contributed by atoms with Gasteiger partial charge in [0.1, 0.15) is 0 Å². The Kier molecular flexibility index (Phi) is 19.6. The SMILES string of the molecule is CO[C@@H]1COCC[C@@H]1N[C@@H]1CC[C@](CCCNC(=O)C2CCC(NC(=O)CCOCCOCCOCCNC(=O)[C@H]3CC(=O)N(C)[C@@H]3C)CC2)(C(=O)N2CCc3ncc(C(F)(F)F)cc3C2)C1. The van der Waals surface area contributed by atoms with Crippen molar-refractivity contribution in [1.29, 1.82) is 0 Å². The first kappa shape index (κ1) is 52.4. The standard InChI is InChI=1S/C47H72F3N7O10/c1-31-37(26-42(59)56(31)2)44(61)52-16-20-65-22-24-66-23-21-64-19-12-41(58)55-35-7-5-32(6-8-35)43(60)51-15-4-13-46(14-9-36(27-46)54-39-11-18-67-30-40(39)63-3)45(62)57-17-10-38-33(29-57)25-34(28-53-38)47(48,49)50/h25,28,31-32,35-37,39-40,54H,4-24,26-27,29-30H2,1-3H3,(H,51,60)(H,52,61)(H,55,58)/t31-,32?,35?,36-,37+,39+,40-,46+/m1/s1.